The lowest BCUT2D eigenvalue weighted by Gasteiger charge is -2.22. The summed E-state index contributed by atoms with van der Waals surface area (Å²) in [5, 5.41) is 3.43. The summed E-state index contributed by atoms with van der Waals surface area (Å²) in [7, 11) is 2.01. The van der Waals surface area contributed by atoms with Crippen molar-refractivity contribution >= 4 is 16.7 Å². The van der Waals surface area contributed by atoms with Gasteiger partial charge in [-0.05, 0) is 36.6 Å². The maximum Gasteiger partial charge on any atom is 0.0955 e. The molecule has 0 saturated heterocycles. The standard InChI is InChI=1S/C14H22N4/c1-14(2,9-15)6-7-16-11-4-5-13-12(8-11)17-10-18(13)3/h4-5,8,10,16H,6-7,9,15H2,1-3H3. The zero-order valence-corrected chi connectivity index (χ0v) is 11.4. The molecule has 0 aliphatic rings. The first-order valence-corrected chi connectivity index (χ1v) is 6.37. The van der Waals surface area contributed by atoms with Crippen molar-refractivity contribution in [3.05, 3.63) is 24.5 Å². The third kappa shape index (κ3) is 2.82. The molecule has 0 radical (unpaired) electrons. The van der Waals surface area contributed by atoms with Crippen LogP contribution in [-0.4, -0.2) is 22.6 Å². The van der Waals surface area contributed by atoms with Crippen LogP contribution in [0.4, 0.5) is 5.69 Å². The highest BCUT2D eigenvalue weighted by Gasteiger charge is 2.14. The van der Waals surface area contributed by atoms with Gasteiger partial charge in [-0.25, -0.2) is 4.98 Å². The van der Waals surface area contributed by atoms with Crippen LogP contribution in [0.2, 0.25) is 0 Å². The Morgan fingerprint density at radius 1 is 1.39 bits per heavy atom. The molecule has 1 aromatic heterocycles. The summed E-state index contributed by atoms with van der Waals surface area (Å²) in [6.07, 6.45) is 2.90. The molecular formula is C14H22N4. The number of nitrogens with one attached hydrogen (secondary N) is 1. The molecule has 0 spiro atoms. The summed E-state index contributed by atoms with van der Waals surface area (Å²) >= 11 is 0. The van der Waals surface area contributed by atoms with E-state index in [0.717, 1.165) is 29.7 Å². The largest absolute Gasteiger partial charge is 0.385 e. The molecule has 2 aromatic rings. The van der Waals surface area contributed by atoms with Crippen LogP contribution < -0.4 is 11.1 Å². The van der Waals surface area contributed by atoms with E-state index in [1.54, 1.807) is 0 Å². The molecule has 0 aliphatic carbocycles. The quantitative estimate of drug-likeness (QED) is 0.851. The lowest BCUT2D eigenvalue weighted by atomic mass is 9.90. The molecule has 0 unspecified atom stereocenters. The Hall–Kier alpha value is -1.55. The van der Waals surface area contributed by atoms with E-state index >= 15 is 0 Å². The maximum atomic E-state index is 5.72. The van der Waals surface area contributed by atoms with E-state index in [1.807, 2.05) is 17.9 Å². The minimum absolute atomic E-state index is 0.197. The molecular weight excluding hydrogens is 224 g/mol. The van der Waals surface area contributed by atoms with Gasteiger partial charge in [0.15, 0.2) is 0 Å². The molecule has 98 valence electrons. The topological polar surface area (TPSA) is 55.9 Å². The van der Waals surface area contributed by atoms with Gasteiger partial charge in [0.2, 0.25) is 0 Å². The minimum Gasteiger partial charge on any atom is -0.385 e. The van der Waals surface area contributed by atoms with Gasteiger partial charge in [0.05, 0.1) is 17.4 Å². The lowest BCUT2D eigenvalue weighted by molar-refractivity contribution is 0.358. The molecule has 18 heavy (non-hydrogen) atoms. The highest BCUT2D eigenvalue weighted by atomic mass is 15.0. The molecule has 1 aromatic carbocycles. The lowest BCUT2D eigenvalue weighted by Crippen LogP contribution is -2.26. The van der Waals surface area contributed by atoms with Gasteiger partial charge in [-0.1, -0.05) is 13.8 Å². The number of benzene rings is 1. The Morgan fingerprint density at radius 2 is 2.17 bits per heavy atom. The van der Waals surface area contributed by atoms with Gasteiger partial charge in [-0.2, -0.15) is 0 Å². The van der Waals surface area contributed by atoms with E-state index in [-0.39, 0.29) is 5.41 Å². The second kappa shape index (κ2) is 4.98. The molecule has 1 heterocycles. The Morgan fingerprint density at radius 3 is 2.89 bits per heavy atom. The van der Waals surface area contributed by atoms with Gasteiger partial charge in [0, 0.05) is 19.3 Å². The van der Waals surface area contributed by atoms with Gasteiger partial charge in [-0.3, -0.25) is 0 Å². The highest BCUT2D eigenvalue weighted by molar-refractivity contribution is 5.79. The van der Waals surface area contributed by atoms with Crippen molar-refractivity contribution in [3.63, 3.8) is 0 Å². The average Bonchev–Trinajstić information content (AvgIpc) is 2.71. The Labute approximate surface area is 108 Å². The van der Waals surface area contributed by atoms with Crippen LogP contribution in [0.1, 0.15) is 20.3 Å². The number of rotatable bonds is 5. The summed E-state index contributed by atoms with van der Waals surface area (Å²) in [5.74, 6) is 0. The van der Waals surface area contributed by atoms with E-state index < -0.39 is 0 Å². The smallest absolute Gasteiger partial charge is 0.0955 e. The number of fused-ring (bicyclic) bond motifs is 1. The third-order valence-corrected chi connectivity index (χ3v) is 3.41. The molecule has 0 saturated carbocycles. The highest BCUT2D eigenvalue weighted by Crippen LogP contribution is 2.20. The van der Waals surface area contributed by atoms with Crippen molar-refractivity contribution in [3.8, 4) is 0 Å². The number of hydrogen-bond donors (Lipinski definition) is 2. The predicted octanol–water partition coefficient (Wildman–Crippen LogP) is 2.36. The van der Waals surface area contributed by atoms with Crippen molar-refractivity contribution in [2.45, 2.75) is 20.3 Å². The molecule has 4 heteroatoms. The van der Waals surface area contributed by atoms with E-state index in [2.05, 4.69) is 42.3 Å². The Kier molecular flexibility index (Phi) is 3.57. The van der Waals surface area contributed by atoms with E-state index in [0.29, 0.717) is 6.54 Å². The average molecular weight is 246 g/mol. The zero-order chi connectivity index (χ0) is 13.2. The second-order valence-electron chi connectivity index (χ2n) is 5.60. The fourth-order valence-electron chi connectivity index (χ4n) is 1.89. The molecule has 4 nitrogen and oxygen atoms in total. The van der Waals surface area contributed by atoms with Crippen LogP contribution in [0.3, 0.4) is 0 Å². The molecule has 2 rings (SSSR count). The summed E-state index contributed by atoms with van der Waals surface area (Å²) in [6, 6.07) is 6.28. The monoisotopic (exact) mass is 246 g/mol. The number of nitrogens with zero attached hydrogens (tertiary/aromatic N) is 2. The van der Waals surface area contributed by atoms with Crippen LogP contribution >= 0.6 is 0 Å². The van der Waals surface area contributed by atoms with E-state index in [1.165, 1.54) is 0 Å². The van der Waals surface area contributed by atoms with Crippen molar-refractivity contribution in [2.24, 2.45) is 18.2 Å². The number of aromatic nitrogens is 2. The molecule has 3 N–H and O–H groups in total. The number of anilines is 1. The minimum atomic E-state index is 0.197. The van der Waals surface area contributed by atoms with E-state index in [4.69, 9.17) is 5.73 Å². The zero-order valence-electron chi connectivity index (χ0n) is 11.4. The number of nitrogens with two attached hydrogens (primary N) is 1. The van der Waals surface area contributed by atoms with E-state index in [9.17, 15) is 0 Å². The second-order valence-corrected chi connectivity index (χ2v) is 5.60. The maximum absolute atomic E-state index is 5.72. The van der Waals surface area contributed by atoms with Crippen LogP contribution in [0, 0.1) is 5.41 Å². The van der Waals surface area contributed by atoms with Crippen molar-refractivity contribution in [1.82, 2.24) is 9.55 Å². The number of aryl methyl sites for hydroxylation is 1. The molecule has 0 atom stereocenters. The molecule has 0 bridgehead atoms. The summed E-state index contributed by atoms with van der Waals surface area (Å²) < 4.78 is 2.02. The first kappa shape index (κ1) is 12.9. The SMILES string of the molecule is Cn1cnc2cc(NCCC(C)(C)CN)ccc21. The van der Waals surface area contributed by atoms with Gasteiger partial charge in [-0.15, -0.1) is 0 Å². The molecule has 0 amide bonds. The predicted molar refractivity (Wildman–Crippen MR) is 76.7 cm³/mol. The Balaban J connectivity index is 2.00. The fraction of sp³-hybridized carbons (Fsp3) is 0.500. The van der Waals surface area contributed by atoms with Gasteiger partial charge >= 0.3 is 0 Å². The first-order chi connectivity index (χ1) is 8.52. The fourth-order valence-corrected chi connectivity index (χ4v) is 1.89. The Bertz CT molecular complexity index is 528. The number of imidazole rings is 1. The van der Waals surface area contributed by atoms with Crippen molar-refractivity contribution < 1.29 is 0 Å². The van der Waals surface area contributed by atoms with Crippen molar-refractivity contribution in [1.29, 1.82) is 0 Å². The summed E-state index contributed by atoms with van der Waals surface area (Å²) in [4.78, 5) is 4.35. The van der Waals surface area contributed by atoms with Crippen LogP contribution in [-0.2, 0) is 7.05 Å². The van der Waals surface area contributed by atoms with Gasteiger partial charge in [0.1, 0.15) is 0 Å². The van der Waals surface area contributed by atoms with Crippen molar-refractivity contribution in [2.75, 3.05) is 18.4 Å². The van der Waals surface area contributed by atoms with Crippen LogP contribution in [0.25, 0.3) is 11.0 Å². The number of hydrogen-bond acceptors (Lipinski definition) is 3. The molecule has 0 aliphatic heterocycles. The first-order valence-electron chi connectivity index (χ1n) is 6.37. The van der Waals surface area contributed by atoms with Gasteiger partial charge in [0.25, 0.3) is 0 Å². The van der Waals surface area contributed by atoms with Crippen LogP contribution in [0.15, 0.2) is 24.5 Å². The summed E-state index contributed by atoms with van der Waals surface area (Å²) in [5.41, 5.74) is 9.22. The van der Waals surface area contributed by atoms with Crippen LogP contribution in [0.5, 0.6) is 0 Å². The molecule has 0 fully saturated rings. The normalized spacial score (nSPS) is 12.0. The third-order valence-electron chi connectivity index (χ3n) is 3.41. The summed E-state index contributed by atoms with van der Waals surface area (Å²) in [6.45, 7) is 6.03. The van der Waals surface area contributed by atoms with Gasteiger partial charge < -0.3 is 15.6 Å².